The summed E-state index contributed by atoms with van der Waals surface area (Å²) < 4.78 is 28.1. The molecular weight excluding hydrogens is 346 g/mol. The number of rotatable bonds is 4. The summed E-state index contributed by atoms with van der Waals surface area (Å²) >= 11 is 0. The summed E-state index contributed by atoms with van der Waals surface area (Å²) in [6.07, 6.45) is 1.84. The van der Waals surface area contributed by atoms with Gasteiger partial charge in [-0.3, -0.25) is 4.79 Å². The molecule has 0 aliphatic carbocycles. The highest BCUT2D eigenvalue weighted by molar-refractivity contribution is 5.88. The van der Waals surface area contributed by atoms with Crippen molar-refractivity contribution in [2.75, 3.05) is 6.54 Å². The minimum atomic E-state index is -0.793. The topological polar surface area (TPSA) is 46.3 Å². The van der Waals surface area contributed by atoms with Gasteiger partial charge in [0, 0.05) is 12.1 Å². The van der Waals surface area contributed by atoms with Crippen molar-refractivity contribution in [1.82, 2.24) is 4.90 Å². The Labute approximate surface area is 158 Å². The van der Waals surface area contributed by atoms with E-state index in [0.717, 1.165) is 17.7 Å². The molecule has 5 heteroatoms. The van der Waals surface area contributed by atoms with Crippen molar-refractivity contribution in [3.8, 4) is 0 Å². The van der Waals surface area contributed by atoms with Gasteiger partial charge in [-0.15, -0.1) is 0 Å². The molecule has 2 aromatic rings. The van der Waals surface area contributed by atoms with Gasteiger partial charge in [0.1, 0.15) is 11.6 Å². The van der Waals surface area contributed by atoms with Gasteiger partial charge < -0.3 is 10.6 Å². The summed E-state index contributed by atoms with van der Waals surface area (Å²) in [5.74, 6) is -1.27. The molecule has 2 unspecified atom stereocenters. The molecule has 2 aromatic carbocycles. The summed E-state index contributed by atoms with van der Waals surface area (Å²) in [6, 6.07) is 12.2. The Morgan fingerprint density at radius 3 is 2.44 bits per heavy atom. The van der Waals surface area contributed by atoms with Crippen molar-refractivity contribution in [2.45, 2.75) is 32.4 Å². The first-order valence-electron chi connectivity index (χ1n) is 9.04. The second-order valence-corrected chi connectivity index (χ2v) is 7.50. The van der Waals surface area contributed by atoms with Crippen LogP contribution >= 0.6 is 0 Å². The van der Waals surface area contributed by atoms with Crippen LogP contribution in [0.4, 0.5) is 8.78 Å². The summed E-state index contributed by atoms with van der Waals surface area (Å²) in [6.45, 7) is 5.85. The molecule has 142 valence electrons. The molecule has 0 bridgehead atoms. The molecule has 2 atom stereocenters. The fraction of sp³-hybridized carbons (Fsp3) is 0.318. The fourth-order valence-corrected chi connectivity index (χ4v) is 3.49. The van der Waals surface area contributed by atoms with Crippen LogP contribution in [0.2, 0.25) is 0 Å². The molecule has 1 aliphatic rings. The van der Waals surface area contributed by atoms with E-state index in [1.165, 1.54) is 6.07 Å². The van der Waals surface area contributed by atoms with Gasteiger partial charge in [0.25, 0.3) is 0 Å². The predicted octanol–water partition coefficient (Wildman–Crippen LogP) is 4.09. The summed E-state index contributed by atoms with van der Waals surface area (Å²) in [4.78, 5) is 14.8. The number of carbonyl (C=O) groups is 1. The predicted molar refractivity (Wildman–Crippen MR) is 103 cm³/mol. The Morgan fingerprint density at radius 1 is 1.15 bits per heavy atom. The Morgan fingerprint density at radius 2 is 1.81 bits per heavy atom. The van der Waals surface area contributed by atoms with Crippen LogP contribution in [0.5, 0.6) is 0 Å². The first-order valence-corrected chi connectivity index (χ1v) is 9.04. The summed E-state index contributed by atoms with van der Waals surface area (Å²) in [5.41, 5.74) is 6.97. The second kappa shape index (κ2) is 7.24. The summed E-state index contributed by atoms with van der Waals surface area (Å²) in [7, 11) is 0. The molecule has 3 nitrogen and oxygen atoms in total. The zero-order chi connectivity index (χ0) is 19.8. The largest absolute Gasteiger partial charge is 0.324 e. The van der Waals surface area contributed by atoms with E-state index in [1.54, 1.807) is 4.90 Å². The van der Waals surface area contributed by atoms with Gasteiger partial charge in [-0.25, -0.2) is 8.78 Å². The van der Waals surface area contributed by atoms with Crippen molar-refractivity contribution in [1.29, 1.82) is 0 Å². The minimum Gasteiger partial charge on any atom is -0.324 e. The fourth-order valence-electron chi connectivity index (χ4n) is 3.49. The number of carbonyl (C=O) groups excluding carboxylic acids is 1. The van der Waals surface area contributed by atoms with Crippen LogP contribution in [-0.2, 0) is 10.3 Å². The lowest BCUT2D eigenvalue weighted by Gasteiger charge is -2.37. The Bertz CT molecular complexity index is 879. The van der Waals surface area contributed by atoms with E-state index < -0.39 is 23.2 Å². The smallest absolute Gasteiger partial charge is 0.241 e. The summed E-state index contributed by atoms with van der Waals surface area (Å²) in [5, 5.41) is 0. The van der Waals surface area contributed by atoms with Crippen molar-refractivity contribution in [3.05, 3.63) is 77.4 Å². The molecule has 0 aromatic heterocycles. The lowest BCUT2D eigenvalue weighted by Crippen LogP contribution is -2.52. The maximum atomic E-state index is 14.4. The SMILES string of the molecule is CC(C)C(N)C(=O)N1CC(c2cc(F)ccc2F)=CC1(C)c1ccccc1. The van der Waals surface area contributed by atoms with E-state index >= 15 is 0 Å². The standard InChI is InChI=1S/C22H24F2N2O/c1-14(2)20(25)21(27)26-13-15(18-11-17(23)9-10-19(18)24)12-22(26,3)16-7-5-4-6-8-16/h4-12,14,20H,13,25H2,1-3H3. The number of nitrogens with zero attached hydrogens (tertiary/aromatic N) is 1. The Kier molecular flexibility index (Phi) is 5.16. The van der Waals surface area contributed by atoms with Crippen LogP contribution in [0.15, 0.2) is 54.6 Å². The molecule has 0 saturated heterocycles. The average molecular weight is 370 g/mol. The molecule has 3 rings (SSSR count). The lowest BCUT2D eigenvalue weighted by atomic mass is 9.89. The van der Waals surface area contributed by atoms with Crippen molar-refractivity contribution >= 4 is 11.5 Å². The maximum absolute atomic E-state index is 14.4. The number of nitrogens with two attached hydrogens (primary N) is 1. The number of hydrogen-bond donors (Lipinski definition) is 1. The molecule has 1 amide bonds. The zero-order valence-electron chi connectivity index (χ0n) is 15.7. The van der Waals surface area contributed by atoms with Crippen LogP contribution in [0.25, 0.3) is 5.57 Å². The van der Waals surface area contributed by atoms with E-state index in [0.29, 0.717) is 5.57 Å². The van der Waals surface area contributed by atoms with Crippen molar-refractivity contribution in [2.24, 2.45) is 11.7 Å². The number of benzene rings is 2. The van der Waals surface area contributed by atoms with Crippen LogP contribution in [0, 0.1) is 17.6 Å². The van der Waals surface area contributed by atoms with Gasteiger partial charge >= 0.3 is 0 Å². The van der Waals surface area contributed by atoms with Crippen LogP contribution in [0.3, 0.4) is 0 Å². The monoisotopic (exact) mass is 370 g/mol. The van der Waals surface area contributed by atoms with Gasteiger partial charge in [0.15, 0.2) is 0 Å². The second-order valence-electron chi connectivity index (χ2n) is 7.50. The van der Waals surface area contributed by atoms with Gasteiger partial charge in [-0.05, 0) is 48.3 Å². The van der Waals surface area contributed by atoms with Gasteiger partial charge in [-0.2, -0.15) is 0 Å². The van der Waals surface area contributed by atoms with Gasteiger partial charge in [0.2, 0.25) is 5.91 Å². The van der Waals surface area contributed by atoms with Crippen LogP contribution in [-0.4, -0.2) is 23.4 Å². The zero-order valence-corrected chi connectivity index (χ0v) is 15.7. The third-order valence-corrected chi connectivity index (χ3v) is 5.25. The Hall–Kier alpha value is -2.53. The molecule has 1 aliphatic heterocycles. The Balaban J connectivity index is 2.10. The molecule has 0 radical (unpaired) electrons. The lowest BCUT2D eigenvalue weighted by molar-refractivity contribution is -0.136. The quantitative estimate of drug-likeness (QED) is 0.881. The van der Waals surface area contributed by atoms with Crippen LogP contribution < -0.4 is 5.73 Å². The molecule has 1 heterocycles. The van der Waals surface area contributed by atoms with E-state index in [9.17, 15) is 13.6 Å². The van der Waals surface area contributed by atoms with Gasteiger partial charge in [-0.1, -0.05) is 44.2 Å². The number of halogens is 2. The van der Waals surface area contributed by atoms with Crippen LogP contribution in [0.1, 0.15) is 31.9 Å². The van der Waals surface area contributed by atoms with E-state index in [4.69, 9.17) is 5.73 Å². The molecule has 0 fully saturated rings. The molecule has 0 spiro atoms. The van der Waals surface area contributed by atoms with Crippen molar-refractivity contribution < 1.29 is 13.6 Å². The third kappa shape index (κ3) is 3.52. The average Bonchev–Trinajstić information content (AvgIpc) is 3.01. The van der Waals surface area contributed by atoms with E-state index in [-0.39, 0.29) is 23.9 Å². The van der Waals surface area contributed by atoms with Crippen molar-refractivity contribution in [3.63, 3.8) is 0 Å². The normalized spacial score (nSPS) is 20.7. The number of hydrogen-bond acceptors (Lipinski definition) is 2. The van der Waals surface area contributed by atoms with E-state index in [1.807, 2.05) is 57.2 Å². The molecule has 2 N–H and O–H groups in total. The molecule has 27 heavy (non-hydrogen) atoms. The van der Waals surface area contributed by atoms with E-state index in [2.05, 4.69) is 0 Å². The minimum absolute atomic E-state index is 0.0347. The molecule has 0 saturated carbocycles. The highest BCUT2D eigenvalue weighted by atomic mass is 19.1. The van der Waals surface area contributed by atoms with Gasteiger partial charge in [0.05, 0.1) is 11.6 Å². The highest BCUT2D eigenvalue weighted by Crippen LogP contribution is 2.41. The third-order valence-electron chi connectivity index (χ3n) is 5.25. The first-order chi connectivity index (χ1) is 12.7. The molecular formula is C22H24F2N2O. The maximum Gasteiger partial charge on any atom is 0.241 e. The number of amides is 1. The highest BCUT2D eigenvalue weighted by Gasteiger charge is 2.43. The first kappa shape index (κ1) is 19.2.